The highest BCUT2D eigenvalue weighted by atomic mass is 16.3. The maximum atomic E-state index is 12.2. The fourth-order valence-electron chi connectivity index (χ4n) is 2.76. The Morgan fingerprint density at radius 2 is 2.33 bits per heavy atom. The van der Waals surface area contributed by atoms with E-state index in [0.29, 0.717) is 11.7 Å². The van der Waals surface area contributed by atoms with Gasteiger partial charge in [-0.05, 0) is 30.7 Å². The summed E-state index contributed by atoms with van der Waals surface area (Å²) in [5.74, 6) is 1.84. The predicted molar refractivity (Wildman–Crippen MR) is 74.7 cm³/mol. The van der Waals surface area contributed by atoms with Crippen LogP contribution >= 0.6 is 0 Å². The first kappa shape index (κ1) is 13.8. The third kappa shape index (κ3) is 2.96. The third-order valence-corrected chi connectivity index (χ3v) is 3.96. The largest absolute Gasteiger partial charge is 0.459 e. The Hall–Kier alpha value is -2.18. The van der Waals surface area contributed by atoms with Crippen molar-refractivity contribution in [2.45, 2.75) is 45.1 Å². The lowest BCUT2D eigenvalue weighted by atomic mass is 9.78. The molecule has 0 bridgehead atoms. The summed E-state index contributed by atoms with van der Waals surface area (Å²) in [5, 5.41) is 16.9. The fraction of sp³-hybridized carbons (Fsp3) is 0.571. The number of aromatic nitrogens is 4. The van der Waals surface area contributed by atoms with E-state index in [1.54, 1.807) is 6.26 Å². The van der Waals surface area contributed by atoms with Gasteiger partial charge in [0.15, 0.2) is 11.6 Å². The average molecular weight is 289 g/mol. The molecule has 1 amide bonds. The lowest BCUT2D eigenvalue weighted by Crippen LogP contribution is -2.45. The first-order valence-corrected chi connectivity index (χ1v) is 7.24. The van der Waals surface area contributed by atoms with Gasteiger partial charge in [0.05, 0.1) is 6.26 Å². The van der Waals surface area contributed by atoms with Gasteiger partial charge >= 0.3 is 0 Å². The first-order chi connectivity index (χ1) is 10.1. The van der Waals surface area contributed by atoms with Gasteiger partial charge in [-0.3, -0.25) is 4.79 Å². The smallest absolute Gasteiger partial charge is 0.287 e. The highest BCUT2D eigenvalue weighted by molar-refractivity contribution is 5.93. The van der Waals surface area contributed by atoms with E-state index in [-0.39, 0.29) is 17.9 Å². The van der Waals surface area contributed by atoms with Crippen LogP contribution in [0.25, 0.3) is 0 Å². The topological polar surface area (TPSA) is 96.7 Å². The molecule has 0 unspecified atom stereocenters. The normalized spacial score (nSPS) is 21.3. The maximum Gasteiger partial charge on any atom is 0.287 e. The van der Waals surface area contributed by atoms with Gasteiger partial charge in [0.2, 0.25) is 0 Å². The molecule has 7 heteroatoms. The molecule has 0 spiro atoms. The van der Waals surface area contributed by atoms with Crippen molar-refractivity contribution in [1.29, 1.82) is 0 Å². The fourth-order valence-corrected chi connectivity index (χ4v) is 2.76. The monoisotopic (exact) mass is 289 g/mol. The molecular weight excluding hydrogens is 270 g/mol. The molecule has 1 fully saturated rings. The van der Waals surface area contributed by atoms with Crippen molar-refractivity contribution in [2.24, 2.45) is 5.92 Å². The van der Waals surface area contributed by atoms with E-state index >= 15 is 0 Å². The van der Waals surface area contributed by atoms with E-state index in [4.69, 9.17) is 4.42 Å². The van der Waals surface area contributed by atoms with Crippen LogP contribution in [0.1, 0.15) is 54.5 Å². The first-order valence-electron chi connectivity index (χ1n) is 7.24. The summed E-state index contributed by atoms with van der Waals surface area (Å²) in [6.07, 6.45) is 4.26. The molecule has 0 saturated heterocycles. The van der Waals surface area contributed by atoms with Crippen LogP contribution in [0, 0.1) is 5.92 Å². The molecule has 2 aromatic heterocycles. The van der Waals surface area contributed by atoms with Gasteiger partial charge in [0.1, 0.15) is 0 Å². The second kappa shape index (κ2) is 5.67. The van der Waals surface area contributed by atoms with E-state index in [1.807, 2.05) is 19.9 Å². The molecule has 1 saturated carbocycles. The number of hydrogen-bond acceptors (Lipinski definition) is 5. The van der Waals surface area contributed by atoms with Crippen LogP contribution in [0.3, 0.4) is 0 Å². The van der Waals surface area contributed by atoms with Crippen LogP contribution in [-0.2, 0) is 6.42 Å². The summed E-state index contributed by atoms with van der Waals surface area (Å²) in [7, 11) is 0. The minimum Gasteiger partial charge on any atom is -0.459 e. The van der Waals surface area contributed by atoms with Crippen molar-refractivity contribution in [1.82, 2.24) is 25.9 Å². The number of carbonyl (C=O) groups is 1. The number of rotatable bonds is 5. The number of furan rings is 1. The van der Waals surface area contributed by atoms with Gasteiger partial charge in [0, 0.05) is 18.0 Å². The second-order valence-corrected chi connectivity index (χ2v) is 5.90. The Balaban J connectivity index is 1.50. The van der Waals surface area contributed by atoms with E-state index in [1.165, 1.54) is 0 Å². The molecule has 0 aromatic carbocycles. The molecule has 21 heavy (non-hydrogen) atoms. The van der Waals surface area contributed by atoms with Gasteiger partial charge in [-0.15, -0.1) is 10.2 Å². The standard InChI is InChI=1S/C14H19N5O2/c1-8(2)11-3-4-21-13(11)14(20)15-10-5-9(6-10)7-12-16-18-19-17-12/h3-4,8-10H,5-7H2,1-2H3,(H,15,20)(H,16,17,18,19). The SMILES string of the molecule is CC(C)c1ccoc1C(=O)NC1CC(Cc2nn[nH]n2)C1. The zero-order chi connectivity index (χ0) is 14.8. The van der Waals surface area contributed by atoms with E-state index in [2.05, 4.69) is 25.9 Å². The molecule has 1 aliphatic carbocycles. The number of carbonyl (C=O) groups excluding carboxylic acids is 1. The van der Waals surface area contributed by atoms with Crippen molar-refractivity contribution >= 4 is 5.91 Å². The molecular formula is C14H19N5O2. The van der Waals surface area contributed by atoms with Crippen LogP contribution in [0.15, 0.2) is 16.7 Å². The summed E-state index contributed by atoms with van der Waals surface area (Å²) in [5.41, 5.74) is 0.954. The molecule has 0 radical (unpaired) electrons. The van der Waals surface area contributed by atoms with E-state index in [9.17, 15) is 4.79 Å². The lowest BCUT2D eigenvalue weighted by molar-refractivity contribution is 0.0859. The summed E-state index contributed by atoms with van der Waals surface area (Å²) < 4.78 is 5.32. The number of aromatic amines is 1. The van der Waals surface area contributed by atoms with Crippen LogP contribution in [-0.4, -0.2) is 32.6 Å². The summed E-state index contributed by atoms with van der Waals surface area (Å²) >= 11 is 0. The summed E-state index contributed by atoms with van der Waals surface area (Å²) in [6.45, 7) is 4.10. The van der Waals surface area contributed by atoms with E-state index in [0.717, 1.165) is 30.7 Å². The molecule has 112 valence electrons. The number of nitrogens with one attached hydrogen (secondary N) is 2. The maximum absolute atomic E-state index is 12.2. The van der Waals surface area contributed by atoms with Crippen LogP contribution < -0.4 is 5.32 Å². The minimum absolute atomic E-state index is 0.119. The van der Waals surface area contributed by atoms with Crippen molar-refractivity contribution < 1.29 is 9.21 Å². The second-order valence-electron chi connectivity index (χ2n) is 5.90. The Kier molecular flexibility index (Phi) is 3.72. The number of tetrazole rings is 1. The Labute approximate surface area is 122 Å². The van der Waals surface area contributed by atoms with Gasteiger partial charge in [-0.1, -0.05) is 19.1 Å². The average Bonchev–Trinajstić information content (AvgIpc) is 3.06. The zero-order valence-electron chi connectivity index (χ0n) is 12.2. The molecule has 1 aliphatic rings. The highest BCUT2D eigenvalue weighted by Crippen LogP contribution is 2.30. The number of amides is 1. The quantitative estimate of drug-likeness (QED) is 0.872. The van der Waals surface area contributed by atoms with Crippen molar-refractivity contribution in [2.75, 3.05) is 0 Å². The summed E-state index contributed by atoms with van der Waals surface area (Å²) in [6, 6.07) is 2.07. The number of H-pyrrole nitrogens is 1. The van der Waals surface area contributed by atoms with Gasteiger partial charge < -0.3 is 9.73 Å². The molecule has 0 aliphatic heterocycles. The van der Waals surface area contributed by atoms with Crippen LogP contribution in [0.5, 0.6) is 0 Å². The summed E-state index contributed by atoms with van der Waals surface area (Å²) in [4.78, 5) is 12.2. The van der Waals surface area contributed by atoms with Crippen molar-refractivity contribution in [3.05, 3.63) is 29.5 Å². The van der Waals surface area contributed by atoms with Crippen LogP contribution in [0.4, 0.5) is 0 Å². The molecule has 2 aromatic rings. The number of nitrogens with zero attached hydrogens (tertiary/aromatic N) is 3. The lowest BCUT2D eigenvalue weighted by Gasteiger charge is -2.35. The Morgan fingerprint density at radius 3 is 3.00 bits per heavy atom. The highest BCUT2D eigenvalue weighted by Gasteiger charge is 2.32. The van der Waals surface area contributed by atoms with Gasteiger partial charge in [-0.2, -0.15) is 5.21 Å². The minimum atomic E-state index is -0.119. The molecule has 2 N–H and O–H groups in total. The Bertz CT molecular complexity index is 599. The van der Waals surface area contributed by atoms with Crippen molar-refractivity contribution in [3.63, 3.8) is 0 Å². The predicted octanol–water partition coefficient (Wildman–Crippen LogP) is 1.67. The third-order valence-electron chi connectivity index (χ3n) is 3.96. The number of hydrogen-bond donors (Lipinski definition) is 2. The molecule has 3 rings (SSSR count). The van der Waals surface area contributed by atoms with Crippen LogP contribution in [0.2, 0.25) is 0 Å². The molecule has 7 nitrogen and oxygen atoms in total. The zero-order valence-corrected chi connectivity index (χ0v) is 12.2. The van der Waals surface area contributed by atoms with Gasteiger partial charge in [-0.25, -0.2) is 0 Å². The Morgan fingerprint density at radius 1 is 1.52 bits per heavy atom. The van der Waals surface area contributed by atoms with E-state index < -0.39 is 0 Å². The van der Waals surface area contributed by atoms with Crippen molar-refractivity contribution in [3.8, 4) is 0 Å². The molecule has 2 heterocycles. The van der Waals surface area contributed by atoms with Gasteiger partial charge in [0.25, 0.3) is 5.91 Å². The molecule has 0 atom stereocenters.